The number of nitrogens with one attached hydrogen (secondary N) is 1. The predicted octanol–water partition coefficient (Wildman–Crippen LogP) is 2.28. The molecule has 2 heterocycles. The fourth-order valence-electron chi connectivity index (χ4n) is 3.21. The van der Waals surface area contributed by atoms with Crippen molar-refractivity contribution in [2.75, 3.05) is 11.5 Å². The molecule has 0 spiro atoms. The Labute approximate surface area is 186 Å². The van der Waals surface area contributed by atoms with Crippen LogP contribution in [-0.4, -0.2) is 30.6 Å². The molecule has 0 atom stereocenters. The number of carbonyl (C=O) groups is 1. The summed E-state index contributed by atoms with van der Waals surface area (Å²) in [6.45, 7) is 4.47. The standard InChI is InChI=1S/C20H22ClN5O4S/c1-3-7-25-16(22)15(17(28)24-19(25)30)14(27)10-31-20-23-13-9-11(21)5-6-12(13)18(29)26(20)8-4-2/h5-6,9H,3-4,7-8,10,22H2,1-2H3,(H,24,28,30). The zero-order chi connectivity index (χ0) is 22.7. The molecule has 164 valence electrons. The Morgan fingerprint density at radius 1 is 1.16 bits per heavy atom. The topological polar surface area (TPSA) is 133 Å². The van der Waals surface area contributed by atoms with Crippen LogP contribution in [0.2, 0.25) is 5.02 Å². The molecule has 2 aromatic heterocycles. The van der Waals surface area contributed by atoms with Gasteiger partial charge in [0, 0.05) is 18.1 Å². The molecule has 0 aliphatic heterocycles. The van der Waals surface area contributed by atoms with Crippen LogP contribution in [0.15, 0.2) is 37.7 Å². The first-order chi connectivity index (χ1) is 14.8. The van der Waals surface area contributed by atoms with Gasteiger partial charge in [-0.25, -0.2) is 9.78 Å². The number of nitrogens with two attached hydrogens (primary N) is 1. The number of nitrogens with zero attached hydrogens (tertiary/aromatic N) is 3. The lowest BCUT2D eigenvalue weighted by Gasteiger charge is -2.13. The zero-order valence-corrected chi connectivity index (χ0v) is 18.7. The van der Waals surface area contributed by atoms with E-state index in [1.54, 1.807) is 18.2 Å². The fraction of sp³-hybridized carbons (Fsp3) is 0.350. The lowest BCUT2D eigenvalue weighted by Crippen LogP contribution is -2.36. The van der Waals surface area contributed by atoms with Crippen LogP contribution >= 0.6 is 23.4 Å². The molecule has 0 aliphatic carbocycles. The number of aromatic nitrogens is 4. The number of aromatic amines is 1. The molecule has 3 N–H and O–H groups in total. The third kappa shape index (κ3) is 4.59. The number of rotatable bonds is 8. The number of hydrogen-bond acceptors (Lipinski definition) is 7. The summed E-state index contributed by atoms with van der Waals surface area (Å²) in [5.74, 6) is -0.901. The summed E-state index contributed by atoms with van der Waals surface area (Å²) in [6.07, 6.45) is 1.29. The minimum absolute atomic E-state index is 0.162. The second-order valence-electron chi connectivity index (χ2n) is 6.90. The third-order valence-corrected chi connectivity index (χ3v) is 5.84. The van der Waals surface area contributed by atoms with Crippen molar-refractivity contribution in [1.29, 1.82) is 0 Å². The lowest BCUT2D eigenvalue weighted by molar-refractivity contribution is 0.102. The highest BCUT2D eigenvalue weighted by Gasteiger charge is 2.21. The van der Waals surface area contributed by atoms with Crippen LogP contribution in [0.25, 0.3) is 10.9 Å². The normalized spacial score (nSPS) is 11.2. The molecule has 0 radical (unpaired) electrons. The molecule has 1 aromatic carbocycles. The largest absolute Gasteiger partial charge is 0.384 e. The molecule has 0 fully saturated rings. The first-order valence-electron chi connectivity index (χ1n) is 9.77. The van der Waals surface area contributed by atoms with Crippen LogP contribution in [0.3, 0.4) is 0 Å². The fourth-order valence-corrected chi connectivity index (χ4v) is 4.27. The molecule has 3 aromatic rings. The summed E-state index contributed by atoms with van der Waals surface area (Å²) in [6, 6.07) is 4.83. The summed E-state index contributed by atoms with van der Waals surface area (Å²) in [5.41, 5.74) is 4.40. The van der Waals surface area contributed by atoms with Crippen LogP contribution in [0, 0.1) is 0 Å². The molecular formula is C20H22ClN5O4S. The molecule has 0 amide bonds. The molecule has 31 heavy (non-hydrogen) atoms. The highest BCUT2D eigenvalue weighted by molar-refractivity contribution is 7.99. The molecule has 11 heteroatoms. The maximum Gasteiger partial charge on any atom is 0.329 e. The molecule has 3 rings (SSSR count). The van der Waals surface area contributed by atoms with Gasteiger partial charge in [-0.3, -0.25) is 28.5 Å². The number of ketones is 1. The number of benzene rings is 1. The van der Waals surface area contributed by atoms with Crippen LogP contribution < -0.4 is 22.5 Å². The number of carbonyl (C=O) groups excluding carboxylic acids is 1. The molecule has 0 saturated heterocycles. The monoisotopic (exact) mass is 463 g/mol. The molecule has 0 saturated carbocycles. The Morgan fingerprint density at radius 2 is 1.84 bits per heavy atom. The average Bonchev–Trinajstić information content (AvgIpc) is 2.71. The number of halogens is 1. The maximum absolute atomic E-state index is 12.9. The minimum Gasteiger partial charge on any atom is -0.384 e. The van der Waals surface area contributed by atoms with E-state index in [0.29, 0.717) is 40.5 Å². The van der Waals surface area contributed by atoms with Gasteiger partial charge in [-0.2, -0.15) is 0 Å². The van der Waals surface area contributed by atoms with Gasteiger partial charge in [-0.1, -0.05) is 37.2 Å². The van der Waals surface area contributed by atoms with E-state index < -0.39 is 17.0 Å². The zero-order valence-electron chi connectivity index (χ0n) is 17.1. The number of Topliss-reactive ketones (excluding diaryl/α,β-unsaturated/α-hetero) is 1. The van der Waals surface area contributed by atoms with E-state index in [1.165, 1.54) is 9.13 Å². The molecular weight excluding hydrogens is 442 g/mol. The summed E-state index contributed by atoms with van der Waals surface area (Å²) < 4.78 is 2.67. The van der Waals surface area contributed by atoms with E-state index in [4.69, 9.17) is 17.3 Å². The summed E-state index contributed by atoms with van der Waals surface area (Å²) in [5, 5.41) is 1.21. The maximum atomic E-state index is 12.9. The van der Waals surface area contributed by atoms with Crippen LogP contribution in [0.5, 0.6) is 0 Å². The second-order valence-corrected chi connectivity index (χ2v) is 8.27. The van der Waals surface area contributed by atoms with Crippen molar-refractivity contribution in [1.82, 2.24) is 19.1 Å². The highest BCUT2D eigenvalue weighted by atomic mass is 35.5. The number of hydrogen-bond donors (Lipinski definition) is 2. The Balaban J connectivity index is 1.99. The lowest BCUT2D eigenvalue weighted by atomic mass is 10.2. The third-order valence-electron chi connectivity index (χ3n) is 4.63. The van der Waals surface area contributed by atoms with Crippen molar-refractivity contribution >= 4 is 45.9 Å². The van der Waals surface area contributed by atoms with Crippen molar-refractivity contribution in [2.45, 2.75) is 44.9 Å². The van der Waals surface area contributed by atoms with Crippen LogP contribution in [0.1, 0.15) is 37.0 Å². The van der Waals surface area contributed by atoms with Gasteiger partial charge in [0.15, 0.2) is 10.9 Å². The van der Waals surface area contributed by atoms with Crippen molar-refractivity contribution in [3.05, 3.63) is 60.0 Å². The second kappa shape index (κ2) is 9.52. The van der Waals surface area contributed by atoms with E-state index in [9.17, 15) is 19.2 Å². The number of thioether (sulfide) groups is 1. The van der Waals surface area contributed by atoms with Crippen molar-refractivity contribution in [3.63, 3.8) is 0 Å². The van der Waals surface area contributed by atoms with Crippen LogP contribution in [0.4, 0.5) is 5.82 Å². The molecule has 0 aliphatic rings. The molecule has 0 bridgehead atoms. The SMILES string of the molecule is CCCn1c(N)c(C(=O)CSc2nc3cc(Cl)ccc3c(=O)n2CCC)c(=O)[nH]c1=O. The molecule has 9 nitrogen and oxygen atoms in total. The van der Waals surface area contributed by atoms with Crippen molar-refractivity contribution < 1.29 is 4.79 Å². The van der Waals surface area contributed by atoms with Crippen molar-refractivity contribution in [3.8, 4) is 0 Å². The summed E-state index contributed by atoms with van der Waals surface area (Å²) in [7, 11) is 0. The van der Waals surface area contributed by atoms with Gasteiger partial charge >= 0.3 is 5.69 Å². The van der Waals surface area contributed by atoms with E-state index in [1.807, 2.05) is 13.8 Å². The Morgan fingerprint density at radius 3 is 2.52 bits per heavy atom. The van der Waals surface area contributed by atoms with Crippen molar-refractivity contribution in [2.24, 2.45) is 0 Å². The van der Waals surface area contributed by atoms with Gasteiger partial charge in [-0.15, -0.1) is 0 Å². The van der Waals surface area contributed by atoms with Gasteiger partial charge < -0.3 is 5.73 Å². The highest BCUT2D eigenvalue weighted by Crippen LogP contribution is 2.22. The summed E-state index contributed by atoms with van der Waals surface area (Å²) >= 11 is 7.06. The van der Waals surface area contributed by atoms with Gasteiger partial charge in [0.25, 0.3) is 11.1 Å². The number of nitrogen functional groups attached to an aromatic ring is 1. The average molecular weight is 464 g/mol. The van der Waals surface area contributed by atoms with E-state index >= 15 is 0 Å². The minimum atomic E-state index is -0.829. The van der Waals surface area contributed by atoms with E-state index in [-0.39, 0.29) is 29.2 Å². The number of H-pyrrole nitrogens is 1. The van der Waals surface area contributed by atoms with Gasteiger partial charge in [0.2, 0.25) is 0 Å². The number of anilines is 1. The summed E-state index contributed by atoms with van der Waals surface area (Å²) in [4.78, 5) is 56.6. The smallest absolute Gasteiger partial charge is 0.329 e. The first-order valence-corrected chi connectivity index (χ1v) is 11.1. The van der Waals surface area contributed by atoms with Gasteiger partial charge in [0.1, 0.15) is 11.4 Å². The van der Waals surface area contributed by atoms with Crippen LogP contribution in [-0.2, 0) is 13.1 Å². The van der Waals surface area contributed by atoms with E-state index in [0.717, 1.165) is 11.8 Å². The quantitative estimate of drug-likeness (QED) is 0.297. The van der Waals surface area contributed by atoms with Gasteiger partial charge in [-0.05, 0) is 31.0 Å². The first kappa shape index (κ1) is 22.8. The Kier molecular flexibility index (Phi) is 7.01. The van der Waals surface area contributed by atoms with Gasteiger partial charge in [0.05, 0.1) is 16.7 Å². The Hall–Kier alpha value is -2.85. The Bertz CT molecular complexity index is 1330. The predicted molar refractivity (Wildman–Crippen MR) is 122 cm³/mol. The number of fused-ring (bicyclic) bond motifs is 1. The molecule has 0 unspecified atom stereocenters. The van der Waals surface area contributed by atoms with E-state index in [2.05, 4.69) is 9.97 Å².